The zero-order chi connectivity index (χ0) is 9.14. The summed E-state index contributed by atoms with van der Waals surface area (Å²) in [6.45, 7) is 6.21. The molecule has 0 aromatic heterocycles. The van der Waals surface area contributed by atoms with Crippen LogP contribution in [0.25, 0.3) is 0 Å². The molecule has 0 aromatic rings. The first-order chi connectivity index (χ1) is 5.65. The molecule has 1 aliphatic heterocycles. The fraction of sp³-hybridized carbons (Fsp3) is 0.875. The Morgan fingerprint density at radius 1 is 1.42 bits per heavy atom. The van der Waals surface area contributed by atoms with Gasteiger partial charge in [0.05, 0.1) is 12.8 Å². The summed E-state index contributed by atoms with van der Waals surface area (Å²) in [5.41, 5.74) is 0. The van der Waals surface area contributed by atoms with Gasteiger partial charge in [0.2, 0.25) is 0 Å². The van der Waals surface area contributed by atoms with E-state index in [2.05, 4.69) is 10.6 Å². The second-order valence-corrected chi connectivity index (χ2v) is 3.07. The fourth-order valence-electron chi connectivity index (χ4n) is 1.46. The smallest absolute Gasteiger partial charge is 0.324 e. The molecule has 0 saturated carbocycles. The highest BCUT2D eigenvalue weighted by molar-refractivity contribution is 5.77. The van der Waals surface area contributed by atoms with Crippen LogP contribution < -0.4 is 10.6 Å². The van der Waals surface area contributed by atoms with E-state index in [1.54, 1.807) is 0 Å². The van der Waals surface area contributed by atoms with Crippen molar-refractivity contribution in [1.82, 2.24) is 10.6 Å². The zero-order valence-electron chi connectivity index (χ0n) is 7.76. The Kier molecular flexibility index (Phi) is 3.05. The Balaban J connectivity index is 2.46. The number of rotatable bonds is 2. The average molecular weight is 172 g/mol. The summed E-state index contributed by atoms with van der Waals surface area (Å²) in [6, 6.07) is -0.0426. The second-order valence-electron chi connectivity index (χ2n) is 3.07. The molecule has 12 heavy (non-hydrogen) atoms. The molecule has 4 nitrogen and oxygen atoms in total. The lowest BCUT2D eigenvalue weighted by molar-refractivity contribution is -0.145. The van der Waals surface area contributed by atoms with Gasteiger partial charge in [0.1, 0.15) is 6.04 Å². The van der Waals surface area contributed by atoms with Crippen molar-refractivity contribution in [3.8, 4) is 0 Å². The first-order valence-electron chi connectivity index (χ1n) is 4.34. The second kappa shape index (κ2) is 3.87. The largest absolute Gasteiger partial charge is 0.465 e. The average Bonchev–Trinajstić information content (AvgIpc) is 2.30. The van der Waals surface area contributed by atoms with Gasteiger partial charge >= 0.3 is 5.97 Å². The van der Waals surface area contributed by atoms with Crippen LogP contribution in [-0.4, -0.2) is 30.8 Å². The first-order valence-corrected chi connectivity index (χ1v) is 4.34. The summed E-state index contributed by atoms with van der Waals surface area (Å²) in [6.07, 6.45) is 0.189. The molecule has 1 fully saturated rings. The fourth-order valence-corrected chi connectivity index (χ4v) is 1.46. The Morgan fingerprint density at radius 3 is 2.50 bits per heavy atom. The van der Waals surface area contributed by atoms with Gasteiger partial charge in [0.25, 0.3) is 0 Å². The van der Waals surface area contributed by atoms with E-state index in [1.165, 1.54) is 0 Å². The molecule has 0 aromatic carbocycles. The van der Waals surface area contributed by atoms with E-state index in [0.717, 1.165) is 0 Å². The standard InChI is InChI=1S/C8H16N2O2/c1-4-12-8(11)7-5(2)9-6(3)10-7/h5-7,9-10H,4H2,1-3H3. The molecule has 3 atom stereocenters. The van der Waals surface area contributed by atoms with E-state index in [0.29, 0.717) is 6.61 Å². The number of hydrogen-bond acceptors (Lipinski definition) is 4. The molecule has 0 bridgehead atoms. The van der Waals surface area contributed by atoms with Crippen LogP contribution in [0.1, 0.15) is 20.8 Å². The third-order valence-corrected chi connectivity index (χ3v) is 1.98. The predicted octanol–water partition coefficient (Wildman–Crippen LogP) is -0.155. The maximum absolute atomic E-state index is 11.3. The monoisotopic (exact) mass is 172 g/mol. The topological polar surface area (TPSA) is 50.4 Å². The SMILES string of the molecule is CCOC(=O)C1NC(C)NC1C. The number of hydrogen-bond donors (Lipinski definition) is 2. The van der Waals surface area contributed by atoms with E-state index in [9.17, 15) is 4.79 Å². The molecule has 0 radical (unpaired) electrons. The third-order valence-electron chi connectivity index (χ3n) is 1.98. The van der Waals surface area contributed by atoms with Gasteiger partial charge < -0.3 is 4.74 Å². The van der Waals surface area contributed by atoms with Crippen LogP contribution in [0.3, 0.4) is 0 Å². The Labute approximate surface area is 72.7 Å². The van der Waals surface area contributed by atoms with Crippen molar-refractivity contribution in [2.24, 2.45) is 0 Å². The third kappa shape index (κ3) is 1.95. The quantitative estimate of drug-likeness (QED) is 0.568. The number of nitrogens with one attached hydrogen (secondary N) is 2. The highest BCUT2D eigenvalue weighted by atomic mass is 16.5. The van der Waals surface area contributed by atoms with E-state index in [-0.39, 0.29) is 24.2 Å². The molecular formula is C8H16N2O2. The van der Waals surface area contributed by atoms with E-state index in [1.807, 2.05) is 20.8 Å². The molecule has 2 N–H and O–H groups in total. The van der Waals surface area contributed by atoms with E-state index >= 15 is 0 Å². The summed E-state index contributed by atoms with van der Waals surface area (Å²) < 4.78 is 4.90. The lowest BCUT2D eigenvalue weighted by Gasteiger charge is -2.12. The molecule has 3 unspecified atom stereocenters. The van der Waals surface area contributed by atoms with Crippen LogP contribution in [0.5, 0.6) is 0 Å². The lowest BCUT2D eigenvalue weighted by Crippen LogP contribution is -2.40. The lowest BCUT2D eigenvalue weighted by atomic mass is 10.2. The highest BCUT2D eigenvalue weighted by Gasteiger charge is 2.33. The number of carbonyl (C=O) groups is 1. The van der Waals surface area contributed by atoms with Crippen LogP contribution in [-0.2, 0) is 9.53 Å². The summed E-state index contributed by atoms with van der Waals surface area (Å²) in [5.74, 6) is -0.165. The number of esters is 1. The van der Waals surface area contributed by atoms with Crippen LogP contribution in [0.4, 0.5) is 0 Å². The maximum Gasteiger partial charge on any atom is 0.324 e. The summed E-state index contributed by atoms with van der Waals surface area (Å²) in [4.78, 5) is 11.3. The number of carbonyl (C=O) groups excluding carboxylic acids is 1. The Hall–Kier alpha value is -0.610. The Bertz CT molecular complexity index is 172. The summed E-state index contributed by atoms with van der Waals surface area (Å²) in [7, 11) is 0. The minimum Gasteiger partial charge on any atom is -0.465 e. The van der Waals surface area contributed by atoms with Crippen molar-refractivity contribution in [3.05, 3.63) is 0 Å². The van der Waals surface area contributed by atoms with Crippen LogP contribution >= 0.6 is 0 Å². The van der Waals surface area contributed by atoms with Gasteiger partial charge in [-0.25, -0.2) is 0 Å². The van der Waals surface area contributed by atoms with Crippen molar-refractivity contribution in [2.75, 3.05) is 6.61 Å². The van der Waals surface area contributed by atoms with Gasteiger partial charge in [-0.15, -0.1) is 0 Å². The van der Waals surface area contributed by atoms with Gasteiger partial charge in [-0.3, -0.25) is 15.4 Å². The predicted molar refractivity (Wildman–Crippen MR) is 45.6 cm³/mol. The van der Waals surface area contributed by atoms with Crippen LogP contribution in [0.15, 0.2) is 0 Å². The molecule has 0 aliphatic carbocycles. The normalized spacial score (nSPS) is 35.1. The molecule has 1 saturated heterocycles. The van der Waals surface area contributed by atoms with Crippen LogP contribution in [0, 0.1) is 0 Å². The highest BCUT2D eigenvalue weighted by Crippen LogP contribution is 2.05. The molecule has 1 rings (SSSR count). The Morgan fingerprint density at radius 2 is 2.08 bits per heavy atom. The molecule has 70 valence electrons. The molecule has 1 aliphatic rings. The van der Waals surface area contributed by atoms with Crippen molar-refractivity contribution in [2.45, 2.75) is 39.0 Å². The van der Waals surface area contributed by atoms with Gasteiger partial charge in [-0.2, -0.15) is 0 Å². The minimum absolute atomic E-state index is 0.152. The van der Waals surface area contributed by atoms with Crippen molar-refractivity contribution in [1.29, 1.82) is 0 Å². The molecule has 0 amide bonds. The zero-order valence-corrected chi connectivity index (χ0v) is 7.76. The minimum atomic E-state index is -0.194. The van der Waals surface area contributed by atoms with Crippen molar-refractivity contribution in [3.63, 3.8) is 0 Å². The van der Waals surface area contributed by atoms with Crippen molar-refractivity contribution < 1.29 is 9.53 Å². The summed E-state index contributed by atoms with van der Waals surface area (Å²) >= 11 is 0. The van der Waals surface area contributed by atoms with Gasteiger partial charge in [0.15, 0.2) is 0 Å². The summed E-state index contributed by atoms with van der Waals surface area (Å²) in [5, 5.41) is 6.30. The van der Waals surface area contributed by atoms with Crippen molar-refractivity contribution >= 4 is 5.97 Å². The van der Waals surface area contributed by atoms with Crippen LogP contribution in [0.2, 0.25) is 0 Å². The number of ether oxygens (including phenoxy) is 1. The van der Waals surface area contributed by atoms with Gasteiger partial charge in [0, 0.05) is 6.04 Å². The molecule has 1 heterocycles. The molecular weight excluding hydrogens is 156 g/mol. The van der Waals surface area contributed by atoms with Gasteiger partial charge in [-0.05, 0) is 20.8 Å². The first kappa shape index (κ1) is 9.48. The van der Waals surface area contributed by atoms with Gasteiger partial charge in [-0.1, -0.05) is 0 Å². The molecule has 4 heteroatoms. The van der Waals surface area contributed by atoms with E-state index < -0.39 is 0 Å². The molecule has 0 spiro atoms. The van der Waals surface area contributed by atoms with E-state index in [4.69, 9.17) is 4.74 Å². The maximum atomic E-state index is 11.3.